The molecular weight excluding hydrogens is 227 g/mol. The fourth-order valence-corrected chi connectivity index (χ4v) is 1.05. The van der Waals surface area contributed by atoms with Crippen molar-refractivity contribution in [1.82, 2.24) is 4.98 Å². The SMILES string of the molecule is CC(=O)c1ncc(COP(=O)(O)N=O)o1. The lowest BCUT2D eigenvalue weighted by Gasteiger charge is -2.00. The predicted octanol–water partition coefficient (Wildman–Crippen LogP) is 1.26. The lowest BCUT2D eigenvalue weighted by molar-refractivity contribution is 0.0976. The summed E-state index contributed by atoms with van der Waals surface area (Å²) in [6.07, 6.45) is 1.15. The van der Waals surface area contributed by atoms with Crippen molar-refractivity contribution in [3.63, 3.8) is 0 Å². The average molecular weight is 234 g/mol. The first kappa shape index (κ1) is 11.7. The summed E-state index contributed by atoms with van der Waals surface area (Å²) in [5.74, 6) is -0.472. The van der Waals surface area contributed by atoms with Crippen molar-refractivity contribution in [2.75, 3.05) is 0 Å². The second-order valence-electron chi connectivity index (χ2n) is 2.53. The van der Waals surface area contributed by atoms with Gasteiger partial charge in [-0.25, -0.2) is 9.55 Å². The molecule has 0 radical (unpaired) electrons. The molecule has 0 saturated carbocycles. The van der Waals surface area contributed by atoms with Crippen LogP contribution in [0.15, 0.2) is 15.6 Å². The monoisotopic (exact) mass is 234 g/mol. The maximum atomic E-state index is 10.7. The summed E-state index contributed by atoms with van der Waals surface area (Å²) in [5, 5.41) is 0. The van der Waals surface area contributed by atoms with E-state index >= 15 is 0 Å². The third-order valence-corrected chi connectivity index (χ3v) is 2.00. The van der Waals surface area contributed by atoms with Gasteiger partial charge in [0.25, 0.3) is 5.89 Å². The third kappa shape index (κ3) is 3.35. The molecule has 0 fully saturated rings. The Bertz CT molecular complexity index is 427. The quantitative estimate of drug-likeness (QED) is 0.462. The van der Waals surface area contributed by atoms with Gasteiger partial charge in [0.05, 0.1) is 6.20 Å². The molecule has 1 N–H and O–H groups in total. The zero-order chi connectivity index (χ0) is 11.5. The van der Waals surface area contributed by atoms with Gasteiger partial charge in [0.2, 0.25) is 5.78 Å². The molecule has 1 heterocycles. The molecule has 0 aliphatic rings. The summed E-state index contributed by atoms with van der Waals surface area (Å²) in [4.78, 5) is 34.6. The Labute approximate surface area is 83.8 Å². The molecule has 0 aromatic carbocycles. The van der Waals surface area contributed by atoms with Crippen molar-refractivity contribution < 1.29 is 23.2 Å². The minimum absolute atomic E-state index is 0.0538. The Morgan fingerprint density at radius 2 is 2.47 bits per heavy atom. The second-order valence-corrected chi connectivity index (χ2v) is 3.94. The molecule has 0 bridgehead atoms. The van der Waals surface area contributed by atoms with Gasteiger partial charge in [-0.2, -0.15) is 0 Å². The van der Waals surface area contributed by atoms with Crippen LogP contribution in [0.1, 0.15) is 23.4 Å². The summed E-state index contributed by atoms with van der Waals surface area (Å²) < 4.78 is 19.7. The number of rotatable bonds is 5. The Morgan fingerprint density at radius 1 is 1.80 bits per heavy atom. The smallest absolute Gasteiger partial charge is 0.436 e. The molecule has 82 valence electrons. The van der Waals surface area contributed by atoms with Crippen molar-refractivity contribution in [1.29, 1.82) is 0 Å². The number of oxazole rings is 1. The standard InChI is InChI=1S/C6H7N2O6P/c1-4(9)6-7-2-5(14-6)3-13-15(11,12)8-10/h2H,3H2,1H3,(H,11,12). The van der Waals surface area contributed by atoms with E-state index in [-0.39, 0.29) is 17.4 Å². The number of hydrogen-bond donors (Lipinski definition) is 1. The Kier molecular flexibility index (Phi) is 3.46. The molecule has 8 nitrogen and oxygen atoms in total. The van der Waals surface area contributed by atoms with Crippen LogP contribution >= 0.6 is 7.75 Å². The van der Waals surface area contributed by atoms with Gasteiger partial charge in [0.15, 0.2) is 5.76 Å². The van der Waals surface area contributed by atoms with Crippen LogP contribution in [0, 0.1) is 4.91 Å². The normalized spacial score (nSPS) is 14.5. The number of carbonyl (C=O) groups excluding carboxylic acids is 1. The largest absolute Gasteiger partial charge is 0.487 e. The van der Waals surface area contributed by atoms with Crippen molar-refractivity contribution in [3.8, 4) is 0 Å². The molecule has 0 aliphatic carbocycles. The van der Waals surface area contributed by atoms with E-state index in [1.165, 1.54) is 6.92 Å². The van der Waals surface area contributed by atoms with E-state index in [0.717, 1.165) is 6.20 Å². The highest BCUT2D eigenvalue weighted by Crippen LogP contribution is 2.43. The number of carbonyl (C=O) groups is 1. The molecule has 0 aliphatic heterocycles. The number of hydrogen-bond acceptors (Lipinski definition) is 6. The van der Waals surface area contributed by atoms with Gasteiger partial charge >= 0.3 is 7.75 Å². The van der Waals surface area contributed by atoms with E-state index in [2.05, 4.69) is 9.51 Å². The second kappa shape index (κ2) is 4.43. The highest BCUT2D eigenvalue weighted by molar-refractivity contribution is 7.51. The van der Waals surface area contributed by atoms with Crippen LogP contribution < -0.4 is 0 Å². The van der Waals surface area contributed by atoms with Crippen LogP contribution in [-0.4, -0.2) is 15.7 Å². The molecule has 1 aromatic rings. The molecule has 9 heteroatoms. The van der Waals surface area contributed by atoms with Gasteiger partial charge in [0, 0.05) is 11.9 Å². The lowest BCUT2D eigenvalue weighted by atomic mass is 10.5. The molecule has 0 saturated heterocycles. The Hall–Kier alpha value is -1.37. The van der Waals surface area contributed by atoms with Gasteiger partial charge in [-0.15, -0.1) is 4.91 Å². The minimum Gasteiger partial charge on any atom is -0.436 e. The van der Waals surface area contributed by atoms with E-state index < -0.39 is 14.4 Å². The van der Waals surface area contributed by atoms with E-state index in [1.54, 1.807) is 0 Å². The van der Waals surface area contributed by atoms with Crippen molar-refractivity contribution in [2.45, 2.75) is 13.5 Å². The summed E-state index contributed by atoms with van der Waals surface area (Å²) in [6.45, 7) is 0.792. The van der Waals surface area contributed by atoms with E-state index in [0.29, 0.717) is 0 Å². The molecule has 1 rings (SSSR count). The topological polar surface area (TPSA) is 119 Å². The summed E-state index contributed by atoms with van der Waals surface area (Å²) >= 11 is 0. The fourth-order valence-electron chi connectivity index (χ4n) is 0.708. The van der Waals surface area contributed by atoms with Crippen LogP contribution in [0.25, 0.3) is 0 Å². The highest BCUT2D eigenvalue weighted by atomic mass is 31.2. The molecular formula is C6H7N2O6P. The number of aromatic nitrogens is 1. The van der Waals surface area contributed by atoms with Crippen LogP contribution in [0.3, 0.4) is 0 Å². The van der Waals surface area contributed by atoms with Crippen LogP contribution in [-0.2, 0) is 15.7 Å². The van der Waals surface area contributed by atoms with E-state index in [4.69, 9.17) is 9.31 Å². The van der Waals surface area contributed by atoms with E-state index in [1.807, 2.05) is 4.95 Å². The number of nitrogens with zero attached hydrogens (tertiary/aromatic N) is 2. The Balaban J connectivity index is 2.62. The number of Topliss-reactive ketones (excluding diaryl/α,β-unsaturated/α-hetero) is 1. The van der Waals surface area contributed by atoms with Gasteiger partial charge in [-0.3, -0.25) is 9.32 Å². The zero-order valence-corrected chi connectivity index (χ0v) is 8.51. The lowest BCUT2D eigenvalue weighted by Crippen LogP contribution is -1.90. The van der Waals surface area contributed by atoms with Gasteiger partial charge < -0.3 is 9.31 Å². The average Bonchev–Trinajstić information content (AvgIpc) is 2.63. The molecule has 1 atom stereocenters. The van der Waals surface area contributed by atoms with Crippen molar-refractivity contribution >= 4 is 13.5 Å². The summed E-state index contributed by atoms with van der Waals surface area (Å²) in [5.41, 5.74) is 0. The number of ketones is 1. The molecule has 1 aromatic heterocycles. The predicted molar refractivity (Wildman–Crippen MR) is 46.9 cm³/mol. The third-order valence-electron chi connectivity index (χ3n) is 1.33. The highest BCUT2D eigenvalue weighted by Gasteiger charge is 2.21. The first-order chi connectivity index (χ1) is 6.94. The number of nitroso groups, excluding NO2 is 1. The van der Waals surface area contributed by atoms with Crippen LogP contribution in [0.2, 0.25) is 0 Å². The first-order valence-corrected chi connectivity index (χ1v) is 5.25. The minimum atomic E-state index is -4.46. The first-order valence-electron chi connectivity index (χ1n) is 3.72. The van der Waals surface area contributed by atoms with Crippen LogP contribution in [0.4, 0.5) is 0 Å². The summed E-state index contributed by atoms with van der Waals surface area (Å²) in [7, 11) is -4.46. The van der Waals surface area contributed by atoms with Gasteiger partial charge in [-0.1, -0.05) is 0 Å². The fraction of sp³-hybridized carbons (Fsp3) is 0.333. The molecule has 0 spiro atoms. The maximum absolute atomic E-state index is 10.7. The van der Waals surface area contributed by atoms with Crippen molar-refractivity contribution in [2.24, 2.45) is 4.95 Å². The molecule has 15 heavy (non-hydrogen) atoms. The Morgan fingerprint density at radius 3 is 2.93 bits per heavy atom. The van der Waals surface area contributed by atoms with E-state index in [9.17, 15) is 14.3 Å². The summed E-state index contributed by atoms with van der Waals surface area (Å²) in [6, 6.07) is 0. The van der Waals surface area contributed by atoms with Gasteiger partial charge in [-0.05, 0) is 0 Å². The molecule has 0 amide bonds. The molecule has 1 unspecified atom stereocenters. The van der Waals surface area contributed by atoms with Gasteiger partial charge in [0.1, 0.15) is 6.61 Å². The maximum Gasteiger partial charge on any atom is 0.487 e. The van der Waals surface area contributed by atoms with Crippen molar-refractivity contribution in [3.05, 3.63) is 22.8 Å². The zero-order valence-electron chi connectivity index (χ0n) is 7.61. The van der Waals surface area contributed by atoms with Crippen LogP contribution in [0.5, 0.6) is 0 Å².